The molecule has 1 aliphatic heterocycles. The first-order valence-electron chi connectivity index (χ1n) is 8.20. The first kappa shape index (κ1) is 14.3. The summed E-state index contributed by atoms with van der Waals surface area (Å²) in [5.74, 6) is 0.920. The number of pyridine rings is 1. The number of hydrogen-bond acceptors (Lipinski definition) is 4. The lowest BCUT2D eigenvalue weighted by Crippen LogP contribution is -2.24. The van der Waals surface area contributed by atoms with E-state index < -0.39 is 0 Å². The molecule has 2 aromatic heterocycles. The fourth-order valence-electron chi connectivity index (χ4n) is 3.81. The molecule has 23 heavy (non-hydrogen) atoms. The maximum atomic E-state index is 11.9. The van der Waals surface area contributed by atoms with Crippen LogP contribution in [0.2, 0.25) is 0 Å². The Hall–Kier alpha value is -2.30. The monoisotopic (exact) mass is 312 g/mol. The van der Waals surface area contributed by atoms with Crippen LogP contribution in [-0.4, -0.2) is 23.0 Å². The highest BCUT2D eigenvalue weighted by Crippen LogP contribution is 2.47. The molecule has 1 atom stereocenters. The average molecular weight is 312 g/mol. The third-order valence-corrected chi connectivity index (χ3v) is 4.95. The van der Waals surface area contributed by atoms with Crippen LogP contribution in [0.4, 0.5) is 0 Å². The molecule has 1 unspecified atom stereocenters. The van der Waals surface area contributed by atoms with Crippen LogP contribution in [0.15, 0.2) is 24.5 Å². The van der Waals surface area contributed by atoms with E-state index >= 15 is 0 Å². The molecule has 2 aliphatic rings. The molecule has 1 fully saturated rings. The normalized spacial score (nSPS) is 20.3. The van der Waals surface area contributed by atoms with Crippen molar-refractivity contribution in [2.24, 2.45) is 5.92 Å². The molecule has 1 N–H and O–H groups in total. The molecular weight excluding hydrogens is 292 g/mol. The molecule has 2 aromatic rings. The van der Waals surface area contributed by atoms with Crippen LogP contribution in [0.1, 0.15) is 54.3 Å². The standard InChI is InChI=1S/C18H20N2O3/c1-22-18(21)14-9-13-16(20-14)12-7-8-19-10-15(12)23-17(13)11-5-3-2-4-6-11/h7-11,17,20H,2-6H2,1H3. The summed E-state index contributed by atoms with van der Waals surface area (Å²) in [5.41, 5.74) is 3.46. The van der Waals surface area contributed by atoms with Gasteiger partial charge in [0.25, 0.3) is 0 Å². The van der Waals surface area contributed by atoms with Crippen molar-refractivity contribution in [3.8, 4) is 17.0 Å². The zero-order valence-electron chi connectivity index (χ0n) is 13.2. The Morgan fingerprint density at radius 2 is 2.17 bits per heavy atom. The molecule has 0 saturated heterocycles. The fraction of sp³-hybridized carbons (Fsp3) is 0.444. The van der Waals surface area contributed by atoms with Crippen molar-refractivity contribution in [3.63, 3.8) is 0 Å². The number of aromatic amines is 1. The van der Waals surface area contributed by atoms with Gasteiger partial charge < -0.3 is 14.5 Å². The largest absolute Gasteiger partial charge is 0.483 e. The molecule has 1 aliphatic carbocycles. The Balaban J connectivity index is 1.80. The van der Waals surface area contributed by atoms with Crippen molar-refractivity contribution >= 4 is 5.97 Å². The van der Waals surface area contributed by atoms with Crippen LogP contribution in [0.5, 0.6) is 5.75 Å². The van der Waals surface area contributed by atoms with Crippen molar-refractivity contribution in [2.45, 2.75) is 38.2 Å². The summed E-state index contributed by atoms with van der Waals surface area (Å²) in [4.78, 5) is 19.3. The summed E-state index contributed by atoms with van der Waals surface area (Å²) in [5, 5.41) is 0. The van der Waals surface area contributed by atoms with Gasteiger partial charge in [0.2, 0.25) is 0 Å². The first-order valence-corrected chi connectivity index (χ1v) is 8.20. The number of rotatable bonds is 2. The quantitative estimate of drug-likeness (QED) is 0.855. The van der Waals surface area contributed by atoms with Gasteiger partial charge in [0, 0.05) is 23.2 Å². The lowest BCUT2D eigenvalue weighted by atomic mass is 9.81. The second-order valence-corrected chi connectivity index (χ2v) is 6.31. The van der Waals surface area contributed by atoms with E-state index in [0.29, 0.717) is 11.6 Å². The topological polar surface area (TPSA) is 64.2 Å². The van der Waals surface area contributed by atoms with E-state index in [1.807, 2.05) is 12.1 Å². The number of H-pyrrole nitrogens is 1. The summed E-state index contributed by atoms with van der Waals surface area (Å²) in [6.45, 7) is 0. The Morgan fingerprint density at radius 3 is 2.96 bits per heavy atom. The Morgan fingerprint density at radius 1 is 1.35 bits per heavy atom. The molecule has 0 amide bonds. The molecule has 3 heterocycles. The third kappa shape index (κ3) is 2.40. The molecule has 5 heteroatoms. The summed E-state index contributed by atoms with van der Waals surface area (Å²) >= 11 is 0. The van der Waals surface area contributed by atoms with E-state index in [1.165, 1.54) is 39.2 Å². The minimum absolute atomic E-state index is 0.0170. The van der Waals surface area contributed by atoms with Crippen molar-refractivity contribution in [1.82, 2.24) is 9.97 Å². The highest BCUT2D eigenvalue weighted by Gasteiger charge is 2.35. The molecule has 4 rings (SSSR count). The number of hydrogen-bond donors (Lipinski definition) is 1. The molecule has 0 radical (unpaired) electrons. The molecule has 1 saturated carbocycles. The second-order valence-electron chi connectivity index (χ2n) is 6.31. The lowest BCUT2D eigenvalue weighted by Gasteiger charge is -2.34. The van der Waals surface area contributed by atoms with Gasteiger partial charge in [-0.05, 0) is 25.0 Å². The molecule has 5 nitrogen and oxygen atoms in total. The highest BCUT2D eigenvalue weighted by atomic mass is 16.5. The van der Waals surface area contributed by atoms with Crippen molar-refractivity contribution in [2.75, 3.05) is 7.11 Å². The summed E-state index contributed by atoms with van der Waals surface area (Å²) in [7, 11) is 1.40. The van der Waals surface area contributed by atoms with E-state index in [-0.39, 0.29) is 12.1 Å². The van der Waals surface area contributed by atoms with Crippen LogP contribution < -0.4 is 4.74 Å². The molecule has 0 spiro atoms. The van der Waals surface area contributed by atoms with Gasteiger partial charge in [-0.25, -0.2) is 4.79 Å². The zero-order valence-corrected chi connectivity index (χ0v) is 13.2. The van der Waals surface area contributed by atoms with Crippen molar-refractivity contribution in [3.05, 3.63) is 35.8 Å². The smallest absolute Gasteiger partial charge is 0.354 e. The van der Waals surface area contributed by atoms with Gasteiger partial charge in [0.1, 0.15) is 17.5 Å². The first-order chi connectivity index (χ1) is 11.3. The number of nitrogens with one attached hydrogen (secondary N) is 1. The van der Waals surface area contributed by atoms with Crippen LogP contribution in [0.25, 0.3) is 11.3 Å². The number of carbonyl (C=O) groups excluding carboxylic acids is 1. The zero-order chi connectivity index (χ0) is 15.8. The van der Waals surface area contributed by atoms with Crippen LogP contribution >= 0.6 is 0 Å². The van der Waals surface area contributed by atoms with Crippen LogP contribution in [0, 0.1) is 5.92 Å². The van der Waals surface area contributed by atoms with Gasteiger partial charge in [-0.3, -0.25) is 4.98 Å². The van der Waals surface area contributed by atoms with Gasteiger partial charge in [0.15, 0.2) is 0 Å². The van der Waals surface area contributed by atoms with E-state index in [2.05, 4.69) is 9.97 Å². The average Bonchev–Trinajstić information content (AvgIpc) is 3.06. The number of methoxy groups -OCH3 is 1. The fourth-order valence-corrected chi connectivity index (χ4v) is 3.81. The minimum Gasteiger partial charge on any atom is -0.483 e. The number of carbonyl (C=O) groups is 1. The number of esters is 1. The molecule has 120 valence electrons. The van der Waals surface area contributed by atoms with Gasteiger partial charge in [-0.2, -0.15) is 0 Å². The van der Waals surface area contributed by atoms with Crippen molar-refractivity contribution in [1.29, 1.82) is 0 Å². The van der Waals surface area contributed by atoms with E-state index in [9.17, 15) is 4.79 Å². The Labute approximate surface area is 135 Å². The van der Waals surface area contributed by atoms with Crippen LogP contribution in [-0.2, 0) is 4.74 Å². The number of ether oxygens (including phenoxy) is 2. The van der Waals surface area contributed by atoms with Gasteiger partial charge in [-0.1, -0.05) is 19.3 Å². The molecular formula is C18H20N2O3. The molecule has 0 bridgehead atoms. The highest BCUT2D eigenvalue weighted by molar-refractivity contribution is 5.90. The summed E-state index contributed by atoms with van der Waals surface area (Å²) < 4.78 is 11.1. The van der Waals surface area contributed by atoms with E-state index in [1.54, 1.807) is 12.4 Å². The van der Waals surface area contributed by atoms with Gasteiger partial charge in [-0.15, -0.1) is 0 Å². The lowest BCUT2D eigenvalue weighted by molar-refractivity contribution is 0.0594. The predicted molar refractivity (Wildman–Crippen MR) is 85.3 cm³/mol. The van der Waals surface area contributed by atoms with E-state index in [0.717, 1.165) is 22.6 Å². The maximum absolute atomic E-state index is 11.9. The Kier molecular flexibility index (Phi) is 3.56. The number of nitrogens with zero attached hydrogens (tertiary/aromatic N) is 1. The minimum atomic E-state index is -0.350. The molecule has 0 aromatic carbocycles. The van der Waals surface area contributed by atoms with Gasteiger partial charge >= 0.3 is 5.97 Å². The van der Waals surface area contributed by atoms with Gasteiger partial charge in [0.05, 0.1) is 19.0 Å². The summed E-state index contributed by atoms with van der Waals surface area (Å²) in [6.07, 6.45) is 9.60. The van der Waals surface area contributed by atoms with E-state index in [4.69, 9.17) is 9.47 Å². The maximum Gasteiger partial charge on any atom is 0.354 e. The third-order valence-electron chi connectivity index (χ3n) is 4.95. The number of fused-ring (bicyclic) bond motifs is 3. The van der Waals surface area contributed by atoms with Crippen LogP contribution in [0.3, 0.4) is 0 Å². The predicted octanol–water partition coefficient (Wildman–Crippen LogP) is 3.88. The second kappa shape index (κ2) is 5.72. The SMILES string of the molecule is COC(=O)c1cc2c([nH]1)-c1ccncc1OC2C1CCCCC1. The number of aromatic nitrogens is 2. The van der Waals surface area contributed by atoms with Crippen molar-refractivity contribution < 1.29 is 14.3 Å². The summed E-state index contributed by atoms with van der Waals surface area (Å²) in [6, 6.07) is 3.81. The Bertz CT molecular complexity index is 732.